The van der Waals surface area contributed by atoms with E-state index < -0.39 is 0 Å². The fraction of sp³-hybridized carbons (Fsp3) is 0.714. The second-order valence-corrected chi connectivity index (χ2v) is 4.13. The molecule has 0 saturated carbocycles. The van der Waals surface area contributed by atoms with Crippen LogP contribution in [0, 0.1) is 0 Å². The zero-order valence-electron chi connectivity index (χ0n) is 11.5. The maximum absolute atomic E-state index is 5.46. The van der Waals surface area contributed by atoms with Crippen LogP contribution in [0.5, 0.6) is 0 Å². The molecule has 0 aliphatic carbocycles. The highest BCUT2D eigenvalue weighted by Crippen LogP contribution is 2.08. The van der Waals surface area contributed by atoms with E-state index in [0.29, 0.717) is 0 Å². The predicted molar refractivity (Wildman–Crippen MR) is 73.1 cm³/mol. The minimum atomic E-state index is 0.771. The number of nitrogens with zero attached hydrogens (tertiary/aromatic N) is 1. The Kier molecular flexibility index (Phi) is 10.1. The van der Waals surface area contributed by atoms with Crippen LogP contribution in [0.4, 0.5) is 0 Å². The molecule has 0 heterocycles. The lowest BCUT2D eigenvalue weighted by molar-refractivity contribution is -0.918. The summed E-state index contributed by atoms with van der Waals surface area (Å²) in [6, 6.07) is 0. The van der Waals surface area contributed by atoms with E-state index in [4.69, 9.17) is 9.47 Å². The monoisotopic (exact) mass is 242 g/mol. The summed E-state index contributed by atoms with van der Waals surface area (Å²) in [6.45, 7) is 18.7. The SMILES string of the molecule is C=CC[N+](CC=C)(CCOCC)CCOCC. The van der Waals surface area contributed by atoms with Gasteiger partial charge in [-0.15, -0.1) is 0 Å². The Morgan fingerprint density at radius 2 is 1.29 bits per heavy atom. The number of hydrogen-bond donors (Lipinski definition) is 0. The third kappa shape index (κ3) is 7.31. The molecular weight excluding hydrogens is 214 g/mol. The van der Waals surface area contributed by atoms with Gasteiger partial charge in [0.1, 0.15) is 13.1 Å². The molecule has 100 valence electrons. The first-order chi connectivity index (χ1) is 8.24. The van der Waals surface area contributed by atoms with Crippen LogP contribution in [0.15, 0.2) is 25.3 Å². The van der Waals surface area contributed by atoms with Crippen molar-refractivity contribution in [3.63, 3.8) is 0 Å². The number of hydrogen-bond acceptors (Lipinski definition) is 2. The van der Waals surface area contributed by atoms with Gasteiger partial charge in [-0.3, -0.25) is 0 Å². The average Bonchev–Trinajstić information content (AvgIpc) is 2.30. The molecule has 0 amide bonds. The normalized spacial score (nSPS) is 11.4. The molecule has 3 nitrogen and oxygen atoms in total. The van der Waals surface area contributed by atoms with Gasteiger partial charge < -0.3 is 14.0 Å². The molecule has 17 heavy (non-hydrogen) atoms. The van der Waals surface area contributed by atoms with Crippen molar-refractivity contribution in [1.82, 2.24) is 0 Å². The van der Waals surface area contributed by atoms with Gasteiger partial charge in [-0.1, -0.05) is 13.2 Å². The van der Waals surface area contributed by atoms with Gasteiger partial charge in [0.25, 0.3) is 0 Å². The van der Waals surface area contributed by atoms with E-state index in [1.165, 1.54) is 0 Å². The van der Waals surface area contributed by atoms with Crippen LogP contribution in [0.3, 0.4) is 0 Å². The van der Waals surface area contributed by atoms with Crippen molar-refractivity contribution >= 4 is 0 Å². The maximum Gasteiger partial charge on any atom is 0.103 e. The van der Waals surface area contributed by atoms with E-state index in [1.54, 1.807) is 0 Å². The number of rotatable bonds is 12. The van der Waals surface area contributed by atoms with Gasteiger partial charge in [-0.2, -0.15) is 0 Å². The highest BCUT2D eigenvalue weighted by Gasteiger charge is 2.23. The molecule has 0 rings (SSSR count). The molecule has 0 aliphatic rings. The van der Waals surface area contributed by atoms with Crippen LogP contribution in [-0.4, -0.2) is 57.1 Å². The van der Waals surface area contributed by atoms with Crippen LogP contribution in [0.2, 0.25) is 0 Å². The van der Waals surface area contributed by atoms with Gasteiger partial charge in [0.05, 0.1) is 26.3 Å². The van der Waals surface area contributed by atoms with Gasteiger partial charge in [-0.25, -0.2) is 0 Å². The molecular formula is C14H28NO2+. The summed E-state index contributed by atoms with van der Waals surface area (Å²) in [4.78, 5) is 0. The zero-order valence-corrected chi connectivity index (χ0v) is 11.5. The zero-order chi connectivity index (χ0) is 13.0. The van der Waals surface area contributed by atoms with Crippen molar-refractivity contribution in [3.05, 3.63) is 25.3 Å². The molecule has 0 aromatic carbocycles. The van der Waals surface area contributed by atoms with Gasteiger partial charge in [0.15, 0.2) is 0 Å². The van der Waals surface area contributed by atoms with Crippen LogP contribution in [0.25, 0.3) is 0 Å². The summed E-state index contributed by atoms with van der Waals surface area (Å²) in [6.07, 6.45) is 3.95. The second-order valence-electron chi connectivity index (χ2n) is 4.13. The lowest BCUT2D eigenvalue weighted by Gasteiger charge is -2.36. The Morgan fingerprint density at radius 1 is 0.882 bits per heavy atom. The Balaban J connectivity index is 4.35. The van der Waals surface area contributed by atoms with E-state index in [1.807, 2.05) is 26.0 Å². The first-order valence-electron chi connectivity index (χ1n) is 6.47. The third-order valence-electron chi connectivity index (χ3n) is 2.86. The second kappa shape index (κ2) is 10.5. The Hall–Kier alpha value is -0.640. The molecule has 0 aromatic rings. The Morgan fingerprint density at radius 3 is 1.59 bits per heavy atom. The quantitative estimate of drug-likeness (QED) is 0.297. The fourth-order valence-corrected chi connectivity index (χ4v) is 1.90. The van der Waals surface area contributed by atoms with Crippen molar-refractivity contribution in [2.45, 2.75) is 13.8 Å². The van der Waals surface area contributed by atoms with Crippen molar-refractivity contribution in [2.24, 2.45) is 0 Å². The summed E-state index contributed by atoms with van der Waals surface area (Å²) < 4.78 is 11.8. The minimum Gasteiger partial charge on any atom is -0.376 e. The number of quaternary nitrogens is 1. The van der Waals surface area contributed by atoms with E-state index in [-0.39, 0.29) is 0 Å². The Labute approximate surface area is 106 Å². The lowest BCUT2D eigenvalue weighted by Crippen LogP contribution is -2.52. The average molecular weight is 242 g/mol. The van der Waals surface area contributed by atoms with Gasteiger partial charge >= 0.3 is 0 Å². The predicted octanol–water partition coefficient (Wildman–Crippen LogP) is 2.25. The third-order valence-corrected chi connectivity index (χ3v) is 2.86. The van der Waals surface area contributed by atoms with Crippen LogP contribution < -0.4 is 0 Å². The molecule has 0 atom stereocenters. The van der Waals surface area contributed by atoms with Crippen LogP contribution in [-0.2, 0) is 9.47 Å². The maximum atomic E-state index is 5.46. The standard InChI is InChI=1S/C14H28NO2/c1-5-9-15(10-6-2,11-13-16-7-3)12-14-17-8-4/h5-6H,1-2,7-14H2,3-4H3/q+1. The van der Waals surface area contributed by atoms with Crippen molar-refractivity contribution in [1.29, 1.82) is 0 Å². The van der Waals surface area contributed by atoms with Crippen molar-refractivity contribution in [3.8, 4) is 0 Å². The topological polar surface area (TPSA) is 18.5 Å². The molecule has 0 spiro atoms. The summed E-state index contributed by atoms with van der Waals surface area (Å²) in [5.74, 6) is 0. The van der Waals surface area contributed by atoms with E-state index in [0.717, 1.165) is 57.1 Å². The van der Waals surface area contributed by atoms with Gasteiger partial charge in [-0.05, 0) is 26.0 Å². The molecule has 3 heteroatoms. The molecule has 0 radical (unpaired) electrons. The molecule has 0 bridgehead atoms. The van der Waals surface area contributed by atoms with Gasteiger partial charge in [0, 0.05) is 13.2 Å². The molecule has 0 aliphatic heterocycles. The molecule has 0 unspecified atom stereocenters. The summed E-state index contributed by atoms with van der Waals surface area (Å²) in [7, 11) is 0. The highest BCUT2D eigenvalue weighted by atomic mass is 16.5. The molecule has 0 aromatic heterocycles. The summed E-state index contributed by atoms with van der Waals surface area (Å²) in [5, 5.41) is 0. The highest BCUT2D eigenvalue weighted by molar-refractivity contribution is 4.72. The Bertz CT molecular complexity index is 182. The first kappa shape index (κ1) is 16.4. The van der Waals surface area contributed by atoms with E-state index >= 15 is 0 Å². The molecule has 0 fully saturated rings. The first-order valence-corrected chi connectivity index (χ1v) is 6.47. The van der Waals surface area contributed by atoms with Crippen molar-refractivity contribution in [2.75, 3.05) is 52.6 Å². The lowest BCUT2D eigenvalue weighted by atomic mass is 10.3. The molecule has 0 saturated heterocycles. The minimum absolute atomic E-state index is 0.771. The summed E-state index contributed by atoms with van der Waals surface area (Å²) in [5.41, 5.74) is 0. The van der Waals surface area contributed by atoms with Crippen molar-refractivity contribution < 1.29 is 14.0 Å². The van der Waals surface area contributed by atoms with Crippen LogP contribution >= 0.6 is 0 Å². The van der Waals surface area contributed by atoms with Gasteiger partial charge in [0.2, 0.25) is 0 Å². The fourth-order valence-electron chi connectivity index (χ4n) is 1.90. The van der Waals surface area contributed by atoms with Crippen LogP contribution in [0.1, 0.15) is 13.8 Å². The summed E-state index contributed by atoms with van der Waals surface area (Å²) >= 11 is 0. The smallest absolute Gasteiger partial charge is 0.103 e. The number of ether oxygens (including phenoxy) is 2. The van der Waals surface area contributed by atoms with E-state index in [9.17, 15) is 0 Å². The molecule has 0 N–H and O–H groups in total. The van der Waals surface area contributed by atoms with E-state index in [2.05, 4.69) is 13.2 Å². The largest absolute Gasteiger partial charge is 0.376 e.